The van der Waals surface area contributed by atoms with Gasteiger partial charge >= 0.3 is 0 Å². The molecule has 0 spiro atoms. The summed E-state index contributed by atoms with van der Waals surface area (Å²) in [7, 11) is 0. The molecule has 1 aliphatic heterocycles. The molecule has 1 aliphatic rings. The summed E-state index contributed by atoms with van der Waals surface area (Å²) in [6.45, 7) is 2.61. The van der Waals surface area contributed by atoms with Crippen LogP contribution in [0.3, 0.4) is 0 Å². The Hall–Kier alpha value is -3.17. The van der Waals surface area contributed by atoms with Crippen LogP contribution in [0.15, 0.2) is 47.4 Å². The van der Waals surface area contributed by atoms with Gasteiger partial charge in [-0.15, -0.1) is 0 Å². The van der Waals surface area contributed by atoms with Crippen molar-refractivity contribution >= 4 is 11.6 Å². The lowest BCUT2D eigenvalue weighted by molar-refractivity contribution is -0.114. The van der Waals surface area contributed by atoms with Crippen LogP contribution in [0.25, 0.3) is 11.5 Å². The maximum absolute atomic E-state index is 11.1. The molecule has 3 aromatic rings. The zero-order valence-electron chi connectivity index (χ0n) is 15.3. The number of carbonyl (C=O) groups excluding carboxylic acids is 1. The molecule has 3 heterocycles. The average molecular weight is 380 g/mol. The van der Waals surface area contributed by atoms with Crippen LogP contribution in [-0.4, -0.2) is 48.7 Å². The van der Waals surface area contributed by atoms with Crippen molar-refractivity contribution in [2.45, 2.75) is 32.0 Å². The van der Waals surface area contributed by atoms with Crippen molar-refractivity contribution in [3.8, 4) is 11.5 Å². The van der Waals surface area contributed by atoms with Crippen LogP contribution in [0.1, 0.15) is 30.8 Å². The fourth-order valence-corrected chi connectivity index (χ4v) is 3.33. The Bertz CT molecular complexity index is 944. The van der Waals surface area contributed by atoms with Crippen LogP contribution in [0.4, 0.5) is 5.69 Å². The van der Waals surface area contributed by atoms with Crippen molar-refractivity contribution in [2.24, 2.45) is 0 Å². The van der Waals surface area contributed by atoms with Crippen LogP contribution in [0.2, 0.25) is 0 Å². The monoisotopic (exact) mass is 380 g/mol. The van der Waals surface area contributed by atoms with Crippen LogP contribution < -0.4 is 5.32 Å². The number of benzene rings is 1. The van der Waals surface area contributed by atoms with Crippen molar-refractivity contribution in [3.63, 3.8) is 0 Å². The van der Waals surface area contributed by atoms with E-state index in [4.69, 9.17) is 4.52 Å². The van der Waals surface area contributed by atoms with Gasteiger partial charge in [0.25, 0.3) is 0 Å². The minimum Gasteiger partial charge on any atom is -0.392 e. The molecule has 0 radical (unpaired) electrons. The first-order chi connectivity index (χ1) is 13.6. The van der Waals surface area contributed by atoms with Crippen LogP contribution in [-0.2, 0) is 11.3 Å². The molecule has 2 aromatic heterocycles. The van der Waals surface area contributed by atoms with Gasteiger partial charge in [0.2, 0.25) is 17.6 Å². The SMILES string of the molecule is CC(=O)Nc1ccc(CN2CC(O)CC2c2nc(-c3cnccn3)no2)cc1. The van der Waals surface area contributed by atoms with Gasteiger partial charge in [0.15, 0.2) is 0 Å². The fraction of sp³-hybridized carbons (Fsp3) is 0.316. The summed E-state index contributed by atoms with van der Waals surface area (Å²) < 4.78 is 5.45. The molecule has 1 aromatic carbocycles. The van der Waals surface area contributed by atoms with Crippen LogP contribution in [0, 0.1) is 0 Å². The van der Waals surface area contributed by atoms with E-state index >= 15 is 0 Å². The molecule has 0 bridgehead atoms. The first kappa shape index (κ1) is 18.2. The number of aliphatic hydroxyl groups is 1. The molecular weight excluding hydrogens is 360 g/mol. The van der Waals surface area contributed by atoms with E-state index in [2.05, 4.69) is 30.3 Å². The predicted molar refractivity (Wildman–Crippen MR) is 99.8 cm³/mol. The van der Waals surface area contributed by atoms with Crippen molar-refractivity contribution in [2.75, 3.05) is 11.9 Å². The molecule has 9 heteroatoms. The molecular formula is C19H20N6O3. The molecule has 0 aliphatic carbocycles. The highest BCUT2D eigenvalue weighted by Crippen LogP contribution is 2.33. The lowest BCUT2D eigenvalue weighted by Crippen LogP contribution is -2.24. The number of aliphatic hydroxyl groups excluding tert-OH is 1. The summed E-state index contributed by atoms with van der Waals surface area (Å²) >= 11 is 0. The summed E-state index contributed by atoms with van der Waals surface area (Å²) in [5.74, 6) is 0.724. The van der Waals surface area contributed by atoms with Gasteiger partial charge in [0.1, 0.15) is 5.69 Å². The van der Waals surface area contributed by atoms with E-state index in [0.717, 1.165) is 11.3 Å². The number of amides is 1. The quantitative estimate of drug-likeness (QED) is 0.688. The van der Waals surface area contributed by atoms with Gasteiger partial charge in [-0.3, -0.25) is 14.7 Å². The Morgan fingerprint density at radius 2 is 2.14 bits per heavy atom. The molecule has 2 atom stereocenters. The molecule has 2 N–H and O–H groups in total. The van der Waals surface area contributed by atoms with Gasteiger partial charge in [0, 0.05) is 38.1 Å². The predicted octanol–water partition coefficient (Wildman–Crippen LogP) is 1.79. The van der Waals surface area contributed by atoms with Gasteiger partial charge < -0.3 is 14.9 Å². The molecule has 1 amide bonds. The maximum Gasteiger partial charge on any atom is 0.244 e. The zero-order valence-corrected chi connectivity index (χ0v) is 15.3. The Labute approximate surface area is 161 Å². The minimum atomic E-state index is -0.462. The number of nitrogens with zero attached hydrogens (tertiary/aromatic N) is 5. The average Bonchev–Trinajstić information content (AvgIpc) is 3.30. The van der Waals surface area contributed by atoms with Crippen molar-refractivity contribution in [1.82, 2.24) is 25.0 Å². The third kappa shape index (κ3) is 4.05. The zero-order chi connectivity index (χ0) is 19.5. The molecule has 144 valence electrons. The van der Waals surface area contributed by atoms with Gasteiger partial charge in [-0.1, -0.05) is 17.3 Å². The number of nitrogens with one attached hydrogen (secondary N) is 1. The van der Waals surface area contributed by atoms with Gasteiger partial charge in [-0.25, -0.2) is 4.98 Å². The molecule has 0 saturated carbocycles. The van der Waals surface area contributed by atoms with Gasteiger partial charge in [0.05, 0.1) is 18.3 Å². The highest BCUT2D eigenvalue weighted by molar-refractivity contribution is 5.88. The van der Waals surface area contributed by atoms with Gasteiger partial charge in [-0.05, 0) is 24.1 Å². The van der Waals surface area contributed by atoms with E-state index in [1.165, 1.54) is 6.92 Å². The second-order valence-electron chi connectivity index (χ2n) is 6.76. The first-order valence-electron chi connectivity index (χ1n) is 8.97. The first-order valence-corrected chi connectivity index (χ1v) is 8.97. The standard InChI is InChI=1S/C19H20N6O3/c1-12(26)22-14-4-2-13(3-5-14)10-25-11-15(27)8-17(25)19-23-18(24-28-19)16-9-20-6-7-21-16/h2-7,9,15,17,27H,8,10-11H2,1H3,(H,22,26). The third-order valence-electron chi connectivity index (χ3n) is 4.56. The Balaban J connectivity index is 1.50. The lowest BCUT2D eigenvalue weighted by atomic mass is 10.1. The highest BCUT2D eigenvalue weighted by Gasteiger charge is 2.36. The van der Waals surface area contributed by atoms with E-state index in [-0.39, 0.29) is 11.9 Å². The normalized spacial score (nSPS) is 19.6. The third-order valence-corrected chi connectivity index (χ3v) is 4.56. The Morgan fingerprint density at radius 3 is 2.86 bits per heavy atom. The second-order valence-corrected chi connectivity index (χ2v) is 6.76. The van der Waals surface area contributed by atoms with Gasteiger partial charge in [-0.2, -0.15) is 4.98 Å². The molecule has 1 saturated heterocycles. The summed E-state index contributed by atoms with van der Waals surface area (Å²) in [4.78, 5) is 25.9. The fourth-order valence-electron chi connectivity index (χ4n) is 3.33. The van der Waals surface area contributed by atoms with E-state index in [1.807, 2.05) is 24.3 Å². The Kier molecular flexibility index (Phi) is 5.09. The summed E-state index contributed by atoms with van der Waals surface area (Å²) in [6.07, 6.45) is 4.78. The molecule has 2 unspecified atom stereocenters. The Morgan fingerprint density at radius 1 is 1.32 bits per heavy atom. The largest absolute Gasteiger partial charge is 0.392 e. The number of hydrogen-bond donors (Lipinski definition) is 2. The molecule has 28 heavy (non-hydrogen) atoms. The summed E-state index contributed by atoms with van der Waals surface area (Å²) in [5.41, 5.74) is 2.35. The lowest BCUT2D eigenvalue weighted by Gasteiger charge is -2.21. The maximum atomic E-state index is 11.1. The smallest absolute Gasteiger partial charge is 0.244 e. The number of likely N-dealkylation sites (tertiary alicyclic amines) is 1. The molecule has 9 nitrogen and oxygen atoms in total. The van der Waals surface area contributed by atoms with E-state index in [0.29, 0.717) is 36.9 Å². The van der Waals surface area contributed by atoms with Crippen LogP contribution in [0.5, 0.6) is 0 Å². The van der Waals surface area contributed by atoms with E-state index in [1.54, 1.807) is 18.6 Å². The summed E-state index contributed by atoms with van der Waals surface area (Å²) in [5, 5.41) is 16.9. The second kappa shape index (κ2) is 7.83. The number of carbonyl (C=O) groups is 1. The number of β-amino-alcohol motifs (C(OH)–C–C–N with tert-alkyl or cyclic N) is 1. The number of aromatic nitrogens is 4. The van der Waals surface area contributed by atoms with Crippen molar-refractivity contribution in [1.29, 1.82) is 0 Å². The number of hydrogen-bond acceptors (Lipinski definition) is 8. The van der Waals surface area contributed by atoms with Crippen LogP contribution >= 0.6 is 0 Å². The minimum absolute atomic E-state index is 0.106. The number of anilines is 1. The van der Waals surface area contributed by atoms with Crippen molar-refractivity contribution < 1.29 is 14.4 Å². The topological polar surface area (TPSA) is 117 Å². The van der Waals surface area contributed by atoms with Crippen molar-refractivity contribution in [3.05, 3.63) is 54.3 Å². The van der Waals surface area contributed by atoms with E-state index < -0.39 is 6.10 Å². The highest BCUT2D eigenvalue weighted by atomic mass is 16.5. The molecule has 4 rings (SSSR count). The molecule has 1 fully saturated rings. The number of rotatable bonds is 5. The van der Waals surface area contributed by atoms with E-state index in [9.17, 15) is 9.90 Å². The summed E-state index contributed by atoms with van der Waals surface area (Å²) in [6, 6.07) is 7.44.